The van der Waals surface area contributed by atoms with Crippen LogP contribution in [0, 0.1) is 25.2 Å². The molecule has 2 aromatic rings. The Morgan fingerprint density at radius 2 is 1.88 bits per heavy atom. The largest absolute Gasteiger partial charge is 0.497 e. The number of nitrogens with one attached hydrogen (secondary N) is 3. The van der Waals surface area contributed by atoms with Gasteiger partial charge in [-0.15, -0.1) is 0 Å². The van der Waals surface area contributed by atoms with Crippen LogP contribution in [-0.4, -0.2) is 43.8 Å². The number of nitrogens with zero attached hydrogens (tertiary/aromatic N) is 2. The number of methoxy groups -OCH3 is 2. The molecule has 3 N–H and O–H groups in total. The van der Waals surface area contributed by atoms with Gasteiger partial charge in [-0.2, -0.15) is 5.26 Å². The molecule has 1 atom stereocenters. The fourth-order valence-electron chi connectivity index (χ4n) is 3.38. The van der Waals surface area contributed by atoms with Gasteiger partial charge in [-0.1, -0.05) is 0 Å². The fraction of sp³-hybridized carbons (Fsp3) is 0.348. The second kappa shape index (κ2) is 11.6. The van der Waals surface area contributed by atoms with E-state index in [4.69, 9.17) is 9.47 Å². The van der Waals surface area contributed by atoms with Crippen molar-refractivity contribution in [2.45, 2.75) is 26.8 Å². The van der Waals surface area contributed by atoms with Crippen LogP contribution in [0.1, 0.15) is 29.9 Å². The van der Waals surface area contributed by atoms with Crippen molar-refractivity contribution >= 4 is 23.6 Å². The van der Waals surface area contributed by atoms with Gasteiger partial charge in [-0.05, 0) is 62.7 Å². The van der Waals surface area contributed by atoms with Gasteiger partial charge in [0.1, 0.15) is 17.4 Å². The van der Waals surface area contributed by atoms with E-state index in [0.717, 1.165) is 22.6 Å². The summed E-state index contributed by atoms with van der Waals surface area (Å²) in [5.74, 6) is -0.449. The Balaban J connectivity index is 1.97. The Labute approximate surface area is 188 Å². The predicted octanol–water partition coefficient (Wildman–Crippen LogP) is 2.49. The Morgan fingerprint density at radius 1 is 1.19 bits per heavy atom. The van der Waals surface area contributed by atoms with Gasteiger partial charge in [-0.25, -0.2) is 0 Å². The van der Waals surface area contributed by atoms with Crippen molar-refractivity contribution in [3.05, 3.63) is 52.9 Å². The Kier molecular flexibility index (Phi) is 8.86. The molecule has 170 valence electrons. The number of rotatable bonds is 9. The van der Waals surface area contributed by atoms with Crippen LogP contribution >= 0.6 is 0 Å². The molecule has 9 heteroatoms. The molecule has 9 nitrogen and oxygen atoms in total. The van der Waals surface area contributed by atoms with Crippen molar-refractivity contribution in [2.24, 2.45) is 0 Å². The van der Waals surface area contributed by atoms with Crippen LogP contribution in [0.25, 0.3) is 6.08 Å². The molecule has 0 fully saturated rings. The lowest BCUT2D eigenvalue weighted by Gasteiger charge is -2.17. The standard InChI is InChI=1S/C23H29N5O4/c1-15-10-18(17(3)28(15)16(2)14-31-4)11-19(12-24)23(30)27-26-22(29)13-25-20-6-8-21(32-5)9-7-20/h6-11,16,25H,13-14H2,1-5H3,(H,26,29)(H,27,30)/b19-11-. The third kappa shape index (κ3) is 6.36. The van der Waals surface area contributed by atoms with Crippen LogP contribution in [0.3, 0.4) is 0 Å². The minimum Gasteiger partial charge on any atom is -0.497 e. The molecule has 2 rings (SSSR count). The van der Waals surface area contributed by atoms with E-state index in [9.17, 15) is 14.9 Å². The summed E-state index contributed by atoms with van der Waals surface area (Å²) in [7, 11) is 3.22. The number of anilines is 1. The molecule has 0 saturated heterocycles. The number of amides is 2. The first kappa shape index (κ1) is 24.5. The summed E-state index contributed by atoms with van der Waals surface area (Å²) in [6, 6.07) is 11.0. The van der Waals surface area contributed by atoms with Crippen LogP contribution in [0.2, 0.25) is 0 Å². The monoisotopic (exact) mass is 439 g/mol. The SMILES string of the molecule is COCC(C)n1c(C)cc(/C=C(/C#N)C(=O)NNC(=O)CNc2ccc(OC)cc2)c1C. The molecule has 1 aromatic carbocycles. The summed E-state index contributed by atoms with van der Waals surface area (Å²) in [6.45, 7) is 6.39. The van der Waals surface area contributed by atoms with Crippen molar-refractivity contribution < 1.29 is 19.1 Å². The minimum absolute atomic E-state index is 0.0588. The molecular weight excluding hydrogens is 410 g/mol. The zero-order valence-electron chi connectivity index (χ0n) is 19.0. The molecule has 0 saturated carbocycles. The lowest BCUT2D eigenvalue weighted by Crippen LogP contribution is -2.44. The lowest BCUT2D eigenvalue weighted by atomic mass is 10.1. The molecule has 2 amide bonds. The maximum absolute atomic E-state index is 12.4. The summed E-state index contributed by atoms with van der Waals surface area (Å²) >= 11 is 0. The van der Waals surface area contributed by atoms with E-state index in [1.54, 1.807) is 38.5 Å². The van der Waals surface area contributed by atoms with Gasteiger partial charge in [0.15, 0.2) is 0 Å². The molecule has 0 bridgehead atoms. The van der Waals surface area contributed by atoms with Crippen LogP contribution in [0.5, 0.6) is 5.75 Å². The normalized spacial score (nSPS) is 11.9. The van der Waals surface area contributed by atoms with Gasteiger partial charge in [0.2, 0.25) is 0 Å². The van der Waals surface area contributed by atoms with E-state index in [1.165, 1.54) is 6.08 Å². The smallest absolute Gasteiger partial charge is 0.280 e. The van der Waals surface area contributed by atoms with E-state index in [1.807, 2.05) is 32.9 Å². The number of carbonyl (C=O) groups excluding carboxylic acids is 2. The lowest BCUT2D eigenvalue weighted by molar-refractivity contribution is -0.125. The van der Waals surface area contributed by atoms with E-state index >= 15 is 0 Å². The first-order chi connectivity index (χ1) is 15.3. The van der Waals surface area contributed by atoms with E-state index < -0.39 is 11.8 Å². The molecule has 0 radical (unpaired) electrons. The molecule has 0 spiro atoms. The zero-order valence-corrected chi connectivity index (χ0v) is 19.0. The molecule has 1 unspecified atom stereocenters. The first-order valence-corrected chi connectivity index (χ1v) is 10.1. The number of ether oxygens (including phenoxy) is 2. The van der Waals surface area contributed by atoms with Crippen LogP contribution in [0.4, 0.5) is 5.69 Å². The topological polar surface area (TPSA) is 117 Å². The Morgan fingerprint density at radius 3 is 2.47 bits per heavy atom. The molecule has 1 heterocycles. The second-order valence-electron chi connectivity index (χ2n) is 7.26. The summed E-state index contributed by atoms with van der Waals surface area (Å²) in [4.78, 5) is 24.4. The number of nitriles is 1. The quantitative estimate of drug-likeness (QED) is 0.314. The number of hydrogen-bond acceptors (Lipinski definition) is 6. The van der Waals surface area contributed by atoms with Crippen molar-refractivity contribution in [3.8, 4) is 11.8 Å². The highest BCUT2D eigenvalue weighted by atomic mass is 16.5. The van der Waals surface area contributed by atoms with Gasteiger partial charge in [0.25, 0.3) is 11.8 Å². The first-order valence-electron chi connectivity index (χ1n) is 10.1. The minimum atomic E-state index is -0.694. The van der Waals surface area contributed by atoms with Crippen LogP contribution in [0.15, 0.2) is 35.9 Å². The van der Waals surface area contributed by atoms with Gasteiger partial charge in [-0.3, -0.25) is 20.4 Å². The zero-order chi connectivity index (χ0) is 23.7. The van der Waals surface area contributed by atoms with Crippen molar-refractivity contribution in [1.29, 1.82) is 5.26 Å². The number of aromatic nitrogens is 1. The summed E-state index contributed by atoms with van der Waals surface area (Å²) in [5.41, 5.74) is 7.85. The van der Waals surface area contributed by atoms with Crippen LogP contribution in [-0.2, 0) is 14.3 Å². The Bertz CT molecular complexity index is 1020. The molecular formula is C23H29N5O4. The van der Waals surface area contributed by atoms with Gasteiger partial charge in [0, 0.05) is 24.2 Å². The average molecular weight is 440 g/mol. The number of carbonyl (C=O) groups is 2. The van der Waals surface area contributed by atoms with Gasteiger partial charge in [0.05, 0.1) is 26.3 Å². The highest BCUT2D eigenvalue weighted by molar-refractivity contribution is 6.02. The number of aryl methyl sites for hydroxylation is 1. The summed E-state index contributed by atoms with van der Waals surface area (Å²) < 4.78 is 12.4. The predicted molar refractivity (Wildman–Crippen MR) is 122 cm³/mol. The highest BCUT2D eigenvalue weighted by Crippen LogP contribution is 2.22. The third-order valence-electron chi connectivity index (χ3n) is 4.90. The number of hydrogen-bond donors (Lipinski definition) is 3. The third-order valence-corrected chi connectivity index (χ3v) is 4.90. The van der Waals surface area contributed by atoms with Crippen molar-refractivity contribution in [3.63, 3.8) is 0 Å². The maximum Gasteiger partial charge on any atom is 0.280 e. The maximum atomic E-state index is 12.4. The fourth-order valence-corrected chi connectivity index (χ4v) is 3.38. The number of benzene rings is 1. The van der Waals surface area contributed by atoms with E-state index in [-0.39, 0.29) is 18.2 Å². The van der Waals surface area contributed by atoms with Crippen molar-refractivity contribution in [2.75, 3.05) is 32.7 Å². The van der Waals surface area contributed by atoms with Gasteiger partial charge < -0.3 is 19.4 Å². The summed E-state index contributed by atoms with van der Waals surface area (Å²) in [6.07, 6.45) is 1.51. The molecule has 1 aromatic heterocycles. The molecule has 0 aliphatic carbocycles. The molecule has 0 aliphatic rings. The Hall–Kier alpha value is -3.77. The number of hydrazine groups is 1. The van der Waals surface area contributed by atoms with Crippen LogP contribution < -0.4 is 20.9 Å². The van der Waals surface area contributed by atoms with Gasteiger partial charge >= 0.3 is 0 Å². The summed E-state index contributed by atoms with van der Waals surface area (Å²) in [5, 5.41) is 12.4. The van der Waals surface area contributed by atoms with Crippen molar-refractivity contribution in [1.82, 2.24) is 15.4 Å². The molecule has 32 heavy (non-hydrogen) atoms. The molecule has 0 aliphatic heterocycles. The average Bonchev–Trinajstić information content (AvgIpc) is 3.07. The van der Waals surface area contributed by atoms with E-state index in [2.05, 4.69) is 20.7 Å². The van der Waals surface area contributed by atoms with E-state index in [0.29, 0.717) is 12.4 Å². The second-order valence-corrected chi connectivity index (χ2v) is 7.26. The highest BCUT2D eigenvalue weighted by Gasteiger charge is 2.16.